The Kier molecular flexibility index (Phi) is 45.5. The zero-order valence-corrected chi connectivity index (χ0v) is 38.9. The minimum absolute atomic E-state index is 0.103. The summed E-state index contributed by atoms with van der Waals surface area (Å²) in [5.74, 6) is -0.977. The molecule has 0 aromatic carbocycles. The number of ether oxygens (including phenoxy) is 3. The topological polar surface area (TPSA) is 78.9 Å². The molecule has 6 nitrogen and oxygen atoms in total. The molecule has 1 atom stereocenters. The lowest BCUT2D eigenvalue weighted by Gasteiger charge is -2.18. The van der Waals surface area contributed by atoms with Crippen LogP contribution in [0.3, 0.4) is 0 Å². The van der Waals surface area contributed by atoms with Gasteiger partial charge < -0.3 is 14.2 Å². The Balaban J connectivity index is 4.44. The molecule has 0 saturated heterocycles. The standard InChI is InChI=1S/C54H90O6/c1-4-7-10-13-16-19-21-23-25-26-27-29-30-32-35-38-41-44-47-53(56)59-50-51(49-58-52(55)46-43-40-37-34-18-15-12-9-6-3)60-54(57)48-45-42-39-36-33-31-28-24-22-20-17-14-11-8-5-2/h16-17,19-27,29,34,37,51H,4-15,18,28,30-33,35-36,38-50H2,1-3H3/b19-16-,20-17-,23-21-,24-22-,26-25-,29-27-,37-34-. The van der Waals surface area contributed by atoms with E-state index in [4.69, 9.17) is 14.2 Å². The Morgan fingerprint density at radius 3 is 1.10 bits per heavy atom. The van der Waals surface area contributed by atoms with E-state index in [1.165, 1.54) is 83.5 Å². The second-order valence-corrected chi connectivity index (χ2v) is 16.1. The first kappa shape index (κ1) is 56.6. The third kappa shape index (κ3) is 45.7. The van der Waals surface area contributed by atoms with Gasteiger partial charge in [0.2, 0.25) is 0 Å². The van der Waals surface area contributed by atoms with Crippen molar-refractivity contribution in [3.05, 3.63) is 85.1 Å². The first-order chi connectivity index (χ1) is 29.5. The fraction of sp³-hybridized carbons (Fsp3) is 0.685. The van der Waals surface area contributed by atoms with Crippen molar-refractivity contribution in [1.29, 1.82) is 0 Å². The number of carbonyl (C=O) groups is 3. The normalized spacial score (nSPS) is 12.8. The molecule has 0 heterocycles. The van der Waals surface area contributed by atoms with Gasteiger partial charge in [-0.25, -0.2) is 0 Å². The molecule has 0 rings (SSSR count). The summed E-state index contributed by atoms with van der Waals surface area (Å²) < 4.78 is 16.7. The molecule has 0 aliphatic rings. The number of esters is 3. The lowest BCUT2D eigenvalue weighted by Crippen LogP contribution is -2.30. The molecule has 0 saturated carbocycles. The van der Waals surface area contributed by atoms with Crippen LogP contribution in [0.1, 0.15) is 220 Å². The first-order valence-corrected chi connectivity index (χ1v) is 24.7. The van der Waals surface area contributed by atoms with Crippen molar-refractivity contribution in [1.82, 2.24) is 0 Å². The molecule has 0 fully saturated rings. The number of carbonyl (C=O) groups excluding carboxylic acids is 3. The van der Waals surface area contributed by atoms with E-state index in [9.17, 15) is 14.4 Å². The van der Waals surface area contributed by atoms with E-state index in [1.54, 1.807) is 0 Å². The predicted molar refractivity (Wildman–Crippen MR) is 256 cm³/mol. The molecule has 0 aliphatic heterocycles. The van der Waals surface area contributed by atoms with Gasteiger partial charge in [0, 0.05) is 19.3 Å². The minimum atomic E-state index is -0.802. The SMILES string of the molecule is CCCCC\C=C/C=C\C=C/C=C\CCCCCCCC(=O)OCC(COC(=O)CCC/C=C\CCCCCC)OC(=O)CCCCCCCC/C=C\C=C/CCCCC. The smallest absolute Gasteiger partial charge is 0.306 e. The van der Waals surface area contributed by atoms with Gasteiger partial charge in [-0.15, -0.1) is 0 Å². The largest absolute Gasteiger partial charge is 0.462 e. The quantitative estimate of drug-likeness (QED) is 0.0200. The highest BCUT2D eigenvalue weighted by molar-refractivity contribution is 5.71. The van der Waals surface area contributed by atoms with Crippen LogP contribution in [0, 0.1) is 0 Å². The van der Waals surface area contributed by atoms with Gasteiger partial charge in [-0.1, -0.05) is 196 Å². The number of allylic oxidation sites excluding steroid dienone is 14. The van der Waals surface area contributed by atoms with E-state index >= 15 is 0 Å². The van der Waals surface area contributed by atoms with E-state index in [2.05, 4.69) is 106 Å². The maximum Gasteiger partial charge on any atom is 0.306 e. The highest BCUT2D eigenvalue weighted by atomic mass is 16.6. The van der Waals surface area contributed by atoms with Crippen LogP contribution in [0.2, 0.25) is 0 Å². The molecule has 0 N–H and O–H groups in total. The molecule has 0 amide bonds. The summed E-state index contributed by atoms with van der Waals surface area (Å²) >= 11 is 0. The third-order valence-corrected chi connectivity index (χ3v) is 10.2. The van der Waals surface area contributed by atoms with Crippen LogP contribution in [-0.2, 0) is 28.6 Å². The molecule has 0 aromatic heterocycles. The lowest BCUT2D eigenvalue weighted by molar-refractivity contribution is -0.167. The fourth-order valence-corrected chi connectivity index (χ4v) is 6.45. The number of hydrogen-bond acceptors (Lipinski definition) is 6. The van der Waals surface area contributed by atoms with Crippen LogP contribution in [0.15, 0.2) is 85.1 Å². The van der Waals surface area contributed by atoms with Gasteiger partial charge in [-0.3, -0.25) is 14.4 Å². The fourth-order valence-electron chi connectivity index (χ4n) is 6.45. The first-order valence-electron chi connectivity index (χ1n) is 24.7. The van der Waals surface area contributed by atoms with Crippen molar-refractivity contribution in [3.8, 4) is 0 Å². The van der Waals surface area contributed by atoms with Crippen LogP contribution in [0.25, 0.3) is 0 Å². The molecule has 60 heavy (non-hydrogen) atoms. The Labute approximate surface area is 369 Å². The Bertz CT molecular complexity index is 1190. The van der Waals surface area contributed by atoms with Crippen molar-refractivity contribution >= 4 is 17.9 Å². The predicted octanol–water partition coefficient (Wildman–Crippen LogP) is 16.0. The zero-order chi connectivity index (χ0) is 43.7. The summed E-state index contributed by atoms with van der Waals surface area (Å²) in [5, 5.41) is 0. The Morgan fingerprint density at radius 2 is 0.633 bits per heavy atom. The lowest BCUT2D eigenvalue weighted by atomic mass is 10.1. The van der Waals surface area contributed by atoms with Crippen LogP contribution < -0.4 is 0 Å². The Morgan fingerprint density at radius 1 is 0.333 bits per heavy atom. The summed E-state index contributed by atoms with van der Waals surface area (Å²) in [6, 6.07) is 0. The van der Waals surface area contributed by atoms with Crippen molar-refractivity contribution in [2.24, 2.45) is 0 Å². The molecular formula is C54H90O6. The van der Waals surface area contributed by atoms with Crippen LogP contribution >= 0.6 is 0 Å². The second kappa shape index (κ2) is 48.3. The molecule has 0 radical (unpaired) electrons. The van der Waals surface area contributed by atoms with E-state index in [0.29, 0.717) is 25.7 Å². The molecule has 6 heteroatoms. The van der Waals surface area contributed by atoms with Gasteiger partial charge in [0.15, 0.2) is 6.10 Å². The van der Waals surface area contributed by atoms with Gasteiger partial charge in [0.25, 0.3) is 0 Å². The highest BCUT2D eigenvalue weighted by Crippen LogP contribution is 2.13. The molecule has 0 aromatic rings. The van der Waals surface area contributed by atoms with E-state index in [1.807, 2.05) is 0 Å². The van der Waals surface area contributed by atoms with Gasteiger partial charge in [0.05, 0.1) is 0 Å². The third-order valence-electron chi connectivity index (χ3n) is 10.2. The van der Waals surface area contributed by atoms with Crippen molar-refractivity contribution in [2.45, 2.75) is 226 Å². The minimum Gasteiger partial charge on any atom is -0.462 e. The van der Waals surface area contributed by atoms with Crippen molar-refractivity contribution in [2.75, 3.05) is 13.2 Å². The number of hydrogen-bond donors (Lipinski definition) is 0. The summed E-state index contributed by atoms with van der Waals surface area (Å²) in [6.45, 7) is 6.46. The summed E-state index contributed by atoms with van der Waals surface area (Å²) in [7, 11) is 0. The zero-order valence-electron chi connectivity index (χ0n) is 38.9. The van der Waals surface area contributed by atoms with E-state index in [0.717, 1.165) is 89.9 Å². The second-order valence-electron chi connectivity index (χ2n) is 16.1. The maximum atomic E-state index is 12.7. The molecule has 0 bridgehead atoms. The molecular weight excluding hydrogens is 745 g/mol. The Hall–Kier alpha value is -3.41. The van der Waals surface area contributed by atoms with Crippen molar-refractivity contribution in [3.63, 3.8) is 0 Å². The molecule has 0 aliphatic carbocycles. The van der Waals surface area contributed by atoms with Crippen molar-refractivity contribution < 1.29 is 28.6 Å². The summed E-state index contributed by atoms with van der Waals surface area (Å²) in [5.41, 5.74) is 0. The van der Waals surface area contributed by atoms with E-state index < -0.39 is 6.10 Å². The van der Waals surface area contributed by atoms with Gasteiger partial charge in [-0.05, 0) is 89.9 Å². The number of rotatable bonds is 43. The molecule has 342 valence electrons. The van der Waals surface area contributed by atoms with E-state index in [-0.39, 0.29) is 31.1 Å². The van der Waals surface area contributed by atoms with Crippen LogP contribution in [0.5, 0.6) is 0 Å². The number of unbranched alkanes of at least 4 members (excludes halogenated alkanes) is 22. The summed E-state index contributed by atoms with van der Waals surface area (Å²) in [4.78, 5) is 37.8. The average molecular weight is 835 g/mol. The van der Waals surface area contributed by atoms with Gasteiger partial charge in [0.1, 0.15) is 13.2 Å². The summed E-state index contributed by atoms with van der Waals surface area (Å²) in [6.07, 6.45) is 61.4. The molecule has 0 spiro atoms. The monoisotopic (exact) mass is 835 g/mol. The highest BCUT2D eigenvalue weighted by Gasteiger charge is 2.19. The average Bonchev–Trinajstić information content (AvgIpc) is 3.24. The maximum absolute atomic E-state index is 12.7. The van der Waals surface area contributed by atoms with Crippen LogP contribution in [-0.4, -0.2) is 37.2 Å². The van der Waals surface area contributed by atoms with Crippen LogP contribution in [0.4, 0.5) is 0 Å². The molecule has 1 unspecified atom stereocenters. The van der Waals surface area contributed by atoms with Gasteiger partial charge >= 0.3 is 17.9 Å². The van der Waals surface area contributed by atoms with Gasteiger partial charge in [-0.2, -0.15) is 0 Å².